The summed E-state index contributed by atoms with van der Waals surface area (Å²) in [6, 6.07) is 9.87. The number of halogens is 3. The third-order valence-electron chi connectivity index (χ3n) is 6.89. The maximum Gasteiger partial charge on any atom is 0.416 e. The SMILES string of the molecule is Cc1ccc(C(=O)Nc2cccc(C(F)(F)F)c2)cc1C#Cc1cn(C2CCCCC2)c2ncnc(N)c12. The van der Waals surface area contributed by atoms with Crippen LogP contribution in [0.4, 0.5) is 24.7 Å². The Morgan fingerprint density at radius 2 is 1.82 bits per heavy atom. The standard InChI is InChI=1S/C29H26F3N5O/c1-18-10-11-20(28(38)36-23-7-5-6-22(15-23)29(30,31)32)14-19(18)12-13-21-16-37(24-8-3-2-4-9-24)27-25(21)26(33)34-17-35-27/h5-7,10-11,14-17,24H,2-4,8-9H2,1H3,(H,36,38)(H2,33,34,35). The number of alkyl halides is 3. The zero-order valence-corrected chi connectivity index (χ0v) is 20.8. The molecule has 1 fully saturated rings. The number of amides is 1. The molecule has 6 nitrogen and oxygen atoms in total. The van der Waals surface area contributed by atoms with Gasteiger partial charge >= 0.3 is 6.18 Å². The summed E-state index contributed by atoms with van der Waals surface area (Å²) in [5, 5.41) is 3.25. The van der Waals surface area contributed by atoms with Gasteiger partial charge in [-0.2, -0.15) is 13.2 Å². The summed E-state index contributed by atoms with van der Waals surface area (Å²) in [5.74, 6) is 6.18. The highest BCUT2D eigenvalue weighted by Gasteiger charge is 2.30. The number of anilines is 2. The van der Waals surface area contributed by atoms with Crippen LogP contribution in [0.2, 0.25) is 0 Å². The zero-order valence-electron chi connectivity index (χ0n) is 20.8. The number of hydrogen-bond donors (Lipinski definition) is 2. The van der Waals surface area contributed by atoms with Crippen molar-refractivity contribution in [1.82, 2.24) is 14.5 Å². The first-order valence-corrected chi connectivity index (χ1v) is 12.4. The molecule has 0 spiro atoms. The van der Waals surface area contributed by atoms with Gasteiger partial charge in [-0.25, -0.2) is 9.97 Å². The molecule has 0 aliphatic heterocycles. The Kier molecular flexibility index (Phi) is 6.81. The molecule has 5 rings (SSSR count). The molecule has 0 unspecified atom stereocenters. The number of fused-ring (bicyclic) bond motifs is 1. The summed E-state index contributed by atoms with van der Waals surface area (Å²) in [6.45, 7) is 1.88. The van der Waals surface area contributed by atoms with Crippen LogP contribution in [0.25, 0.3) is 11.0 Å². The molecule has 0 radical (unpaired) electrons. The van der Waals surface area contributed by atoms with Crippen molar-refractivity contribution in [2.24, 2.45) is 0 Å². The van der Waals surface area contributed by atoms with Crippen molar-refractivity contribution >= 4 is 28.4 Å². The minimum atomic E-state index is -4.50. The molecule has 38 heavy (non-hydrogen) atoms. The second-order valence-corrected chi connectivity index (χ2v) is 9.51. The van der Waals surface area contributed by atoms with Crippen molar-refractivity contribution in [3.8, 4) is 11.8 Å². The molecule has 4 aromatic rings. The lowest BCUT2D eigenvalue weighted by atomic mass is 9.95. The Morgan fingerprint density at radius 3 is 2.58 bits per heavy atom. The van der Waals surface area contributed by atoms with Gasteiger partial charge in [0.25, 0.3) is 5.91 Å². The highest BCUT2D eigenvalue weighted by atomic mass is 19.4. The van der Waals surface area contributed by atoms with Crippen LogP contribution in [-0.4, -0.2) is 20.4 Å². The van der Waals surface area contributed by atoms with Crippen LogP contribution in [0.3, 0.4) is 0 Å². The molecule has 0 atom stereocenters. The highest BCUT2D eigenvalue weighted by molar-refractivity contribution is 6.04. The normalized spacial score (nSPS) is 14.2. The van der Waals surface area contributed by atoms with Gasteiger partial charge in [-0.1, -0.05) is 43.2 Å². The molecular formula is C29H26F3N5O. The number of nitrogens with two attached hydrogens (primary N) is 1. The summed E-state index contributed by atoms with van der Waals surface area (Å²) < 4.78 is 41.3. The van der Waals surface area contributed by atoms with E-state index in [2.05, 4.69) is 31.7 Å². The molecule has 1 aliphatic rings. The first-order chi connectivity index (χ1) is 18.2. The van der Waals surface area contributed by atoms with Gasteiger partial charge in [0.1, 0.15) is 17.8 Å². The lowest BCUT2D eigenvalue weighted by molar-refractivity contribution is -0.137. The van der Waals surface area contributed by atoms with E-state index in [1.165, 1.54) is 37.7 Å². The molecule has 2 aromatic carbocycles. The van der Waals surface area contributed by atoms with E-state index in [9.17, 15) is 18.0 Å². The van der Waals surface area contributed by atoms with Gasteiger partial charge in [-0.05, 0) is 55.7 Å². The van der Waals surface area contributed by atoms with Gasteiger partial charge in [-0.15, -0.1) is 0 Å². The van der Waals surface area contributed by atoms with E-state index in [0.29, 0.717) is 28.4 Å². The molecular weight excluding hydrogens is 491 g/mol. The van der Waals surface area contributed by atoms with Crippen molar-refractivity contribution in [3.63, 3.8) is 0 Å². The van der Waals surface area contributed by atoms with Gasteiger partial charge in [0, 0.05) is 29.1 Å². The van der Waals surface area contributed by atoms with Crippen LogP contribution in [0.1, 0.15) is 70.8 Å². The maximum atomic E-state index is 13.0. The molecule has 194 valence electrons. The number of carbonyl (C=O) groups excluding carboxylic acids is 1. The zero-order chi connectivity index (χ0) is 26.9. The molecule has 9 heteroatoms. The van der Waals surface area contributed by atoms with Crippen LogP contribution < -0.4 is 11.1 Å². The van der Waals surface area contributed by atoms with Crippen LogP contribution in [0.15, 0.2) is 55.0 Å². The summed E-state index contributed by atoms with van der Waals surface area (Å²) in [4.78, 5) is 21.5. The van der Waals surface area contributed by atoms with Gasteiger partial charge in [0.05, 0.1) is 16.5 Å². The molecule has 3 N–H and O–H groups in total. The molecule has 1 saturated carbocycles. The lowest BCUT2D eigenvalue weighted by Gasteiger charge is -2.23. The van der Waals surface area contributed by atoms with Crippen molar-refractivity contribution in [3.05, 3.63) is 82.8 Å². The van der Waals surface area contributed by atoms with E-state index in [4.69, 9.17) is 5.73 Å². The highest BCUT2D eigenvalue weighted by Crippen LogP contribution is 2.34. The molecule has 0 bridgehead atoms. The molecule has 2 heterocycles. The van der Waals surface area contributed by atoms with Gasteiger partial charge < -0.3 is 15.6 Å². The summed E-state index contributed by atoms with van der Waals surface area (Å²) in [5.41, 5.74) is 8.68. The summed E-state index contributed by atoms with van der Waals surface area (Å²) in [7, 11) is 0. The fourth-order valence-corrected chi connectivity index (χ4v) is 4.85. The molecule has 0 saturated heterocycles. The Hall–Kier alpha value is -4.32. The summed E-state index contributed by atoms with van der Waals surface area (Å²) in [6.07, 6.45) is 4.66. The monoisotopic (exact) mass is 517 g/mol. The van der Waals surface area contributed by atoms with E-state index < -0.39 is 17.6 Å². The third-order valence-corrected chi connectivity index (χ3v) is 6.89. The molecule has 1 aliphatic carbocycles. The van der Waals surface area contributed by atoms with Gasteiger partial charge in [-0.3, -0.25) is 4.79 Å². The molecule has 2 aromatic heterocycles. The van der Waals surface area contributed by atoms with Crippen molar-refractivity contribution in [2.75, 3.05) is 11.1 Å². The quantitative estimate of drug-likeness (QED) is 0.304. The van der Waals surface area contributed by atoms with Crippen LogP contribution in [0, 0.1) is 18.8 Å². The summed E-state index contributed by atoms with van der Waals surface area (Å²) >= 11 is 0. The largest absolute Gasteiger partial charge is 0.416 e. The Bertz CT molecular complexity index is 1570. The number of hydrogen-bond acceptors (Lipinski definition) is 4. The molecule has 1 amide bonds. The second kappa shape index (κ2) is 10.2. The van der Waals surface area contributed by atoms with E-state index in [1.54, 1.807) is 18.2 Å². The van der Waals surface area contributed by atoms with E-state index >= 15 is 0 Å². The Morgan fingerprint density at radius 1 is 1.05 bits per heavy atom. The Labute approximate surface area is 218 Å². The average Bonchev–Trinajstić information content (AvgIpc) is 3.28. The van der Waals surface area contributed by atoms with E-state index in [1.807, 2.05) is 13.1 Å². The topological polar surface area (TPSA) is 85.8 Å². The number of nitrogens with one attached hydrogen (secondary N) is 1. The number of rotatable bonds is 3. The average molecular weight is 518 g/mol. The lowest BCUT2D eigenvalue weighted by Crippen LogP contribution is -2.13. The van der Waals surface area contributed by atoms with Crippen molar-refractivity contribution in [2.45, 2.75) is 51.2 Å². The van der Waals surface area contributed by atoms with Crippen LogP contribution >= 0.6 is 0 Å². The first kappa shape index (κ1) is 25.3. The second-order valence-electron chi connectivity index (χ2n) is 9.51. The number of nitrogens with zero attached hydrogens (tertiary/aromatic N) is 3. The smallest absolute Gasteiger partial charge is 0.383 e. The number of aryl methyl sites for hydroxylation is 1. The first-order valence-electron chi connectivity index (χ1n) is 12.4. The van der Waals surface area contributed by atoms with E-state index in [-0.39, 0.29) is 11.3 Å². The number of aromatic nitrogens is 3. The van der Waals surface area contributed by atoms with Crippen molar-refractivity contribution in [1.29, 1.82) is 0 Å². The van der Waals surface area contributed by atoms with Crippen LogP contribution in [-0.2, 0) is 6.18 Å². The minimum absolute atomic E-state index is 0.0593. The van der Waals surface area contributed by atoms with Crippen molar-refractivity contribution < 1.29 is 18.0 Å². The number of benzene rings is 2. The predicted octanol–water partition coefficient (Wildman–Crippen LogP) is 6.50. The van der Waals surface area contributed by atoms with E-state index in [0.717, 1.165) is 36.2 Å². The number of nitrogen functional groups attached to an aromatic ring is 1. The maximum absolute atomic E-state index is 13.0. The third kappa shape index (κ3) is 5.21. The fourth-order valence-electron chi connectivity index (χ4n) is 4.85. The Balaban J connectivity index is 1.45. The van der Waals surface area contributed by atoms with Gasteiger partial charge in [0.2, 0.25) is 0 Å². The fraction of sp³-hybridized carbons (Fsp3) is 0.276. The minimum Gasteiger partial charge on any atom is -0.383 e. The predicted molar refractivity (Wildman–Crippen MR) is 141 cm³/mol. The van der Waals surface area contributed by atoms with Crippen LogP contribution in [0.5, 0.6) is 0 Å². The number of carbonyl (C=O) groups is 1. The van der Waals surface area contributed by atoms with Gasteiger partial charge in [0.15, 0.2) is 0 Å².